The molecule has 144 valence electrons. The molecule has 0 spiro atoms. The number of fused-ring (bicyclic) bond motifs is 1. The summed E-state index contributed by atoms with van der Waals surface area (Å²) in [7, 11) is 0. The Morgan fingerprint density at radius 1 is 0.833 bits per heavy atom. The Kier molecular flexibility index (Phi) is 4.87. The molecule has 4 nitrogen and oxygen atoms in total. The monoisotopic (exact) mass is 407 g/mol. The average molecular weight is 407 g/mol. The number of hydrogen-bond acceptors (Lipinski definition) is 4. The smallest absolute Gasteiger partial charge is 0.268 e. The third kappa shape index (κ3) is 3.51. The number of amides is 1. The van der Waals surface area contributed by atoms with Crippen molar-refractivity contribution in [2.24, 2.45) is 4.99 Å². The van der Waals surface area contributed by atoms with Crippen molar-refractivity contribution in [1.29, 1.82) is 0 Å². The van der Waals surface area contributed by atoms with Gasteiger partial charge in [-0.3, -0.25) is 14.7 Å². The second-order valence-corrected chi connectivity index (χ2v) is 7.74. The van der Waals surface area contributed by atoms with Crippen molar-refractivity contribution >= 4 is 51.2 Å². The Morgan fingerprint density at radius 2 is 1.53 bits per heavy atom. The molecule has 0 unspecified atom stereocenters. The minimum Gasteiger partial charge on any atom is -0.268 e. The summed E-state index contributed by atoms with van der Waals surface area (Å²) in [5.74, 6) is -0.0817. The molecule has 4 aromatic rings. The lowest BCUT2D eigenvalue weighted by atomic mass is 10.1. The molecule has 3 aromatic carbocycles. The molecule has 1 aliphatic heterocycles. The Morgan fingerprint density at radius 3 is 2.33 bits per heavy atom. The van der Waals surface area contributed by atoms with Crippen molar-refractivity contribution < 1.29 is 4.79 Å². The van der Waals surface area contributed by atoms with Crippen LogP contribution in [0.3, 0.4) is 0 Å². The highest BCUT2D eigenvalue weighted by molar-refractivity contribution is 8.19. The number of anilines is 1. The maximum atomic E-state index is 13.4. The van der Waals surface area contributed by atoms with Crippen molar-refractivity contribution in [1.82, 2.24) is 4.98 Å². The van der Waals surface area contributed by atoms with Gasteiger partial charge < -0.3 is 0 Å². The molecule has 5 rings (SSSR count). The Balaban J connectivity index is 1.61. The number of thioether (sulfide) groups is 1. The molecule has 0 radical (unpaired) electrons. The lowest BCUT2D eigenvalue weighted by Crippen LogP contribution is -2.28. The van der Waals surface area contributed by atoms with E-state index in [1.54, 1.807) is 11.1 Å². The maximum Gasteiger partial charge on any atom is 0.271 e. The molecule has 0 atom stereocenters. The summed E-state index contributed by atoms with van der Waals surface area (Å²) in [6.07, 6.45) is 3.70. The van der Waals surface area contributed by atoms with Crippen molar-refractivity contribution in [3.05, 3.63) is 108 Å². The molecule has 1 aromatic heterocycles. The van der Waals surface area contributed by atoms with E-state index < -0.39 is 0 Å². The molecule has 5 heteroatoms. The van der Waals surface area contributed by atoms with Gasteiger partial charge in [0.05, 0.1) is 21.8 Å². The van der Waals surface area contributed by atoms with Crippen LogP contribution in [-0.2, 0) is 4.79 Å². The fraction of sp³-hybridized carbons (Fsp3) is 0. The highest BCUT2D eigenvalue weighted by Gasteiger charge is 2.34. The third-order valence-corrected chi connectivity index (χ3v) is 5.74. The largest absolute Gasteiger partial charge is 0.271 e. The van der Waals surface area contributed by atoms with E-state index in [0.29, 0.717) is 10.1 Å². The number of hydrogen-bond donors (Lipinski definition) is 0. The molecule has 1 saturated heterocycles. The van der Waals surface area contributed by atoms with Gasteiger partial charge in [0.2, 0.25) is 0 Å². The molecule has 1 amide bonds. The van der Waals surface area contributed by atoms with Crippen LogP contribution in [0, 0.1) is 0 Å². The van der Waals surface area contributed by atoms with Crippen LogP contribution in [0.5, 0.6) is 0 Å². The first-order valence-corrected chi connectivity index (χ1v) is 10.4. The van der Waals surface area contributed by atoms with Crippen LogP contribution in [0.25, 0.3) is 17.0 Å². The lowest BCUT2D eigenvalue weighted by molar-refractivity contribution is -0.113. The standard InChI is InChI=1S/C25H17N3OS/c29-24-23(17-18-15-16-26-22-14-8-7-13-21(18)22)30-25(27-19-9-3-1-4-10-19)28(24)20-11-5-2-6-12-20/h1-17H/b23-17-,27-25?. The number of benzene rings is 3. The van der Waals surface area contributed by atoms with Gasteiger partial charge in [-0.15, -0.1) is 0 Å². The summed E-state index contributed by atoms with van der Waals surface area (Å²) in [6.45, 7) is 0. The minimum atomic E-state index is -0.0817. The first kappa shape index (κ1) is 18.3. The van der Waals surface area contributed by atoms with E-state index in [1.807, 2.05) is 97.1 Å². The van der Waals surface area contributed by atoms with Crippen LogP contribution in [0.2, 0.25) is 0 Å². The molecule has 30 heavy (non-hydrogen) atoms. The maximum absolute atomic E-state index is 13.4. The van der Waals surface area contributed by atoms with Crippen LogP contribution >= 0.6 is 11.8 Å². The molecule has 0 N–H and O–H groups in total. The molecule has 0 saturated carbocycles. The summed E-state index contributed by atoms with van der Waals surface area (Å²) in [5, 5.41) is 1.66. The van der Waals surface area contributed by atoms with Gasteiger partial charge in [-0.05, 0) is 59.8 Å². The van der Waals surface area contributed by atoms with Crippen LogP contribution in [0.1, 0.15) is 5.56 Å². The van der Waals surface area contributed by atoms with E-state index in [2.05, 4.69) is 4.98 Å². The van der Waals surface area contributed by atoms with E-state index in [0.717, 1.165) is 27.8 Å². The van der Waals surface area contributed by atoms with Crippen LogP contribution in [-0.4, -0.2) is 16.1 Å². The van der Waals surface area contributed by atoms with E-state index >= 15 is 0 Å². The van der Waals surface area contributed by atoms with Gasteiger partial charge in [0, 0.05) is 11.6 Å². The van der Waals surface area contributed by atoms with Crippen molar-refractivity contribution in [2.45, 2.75) is 0 Å². The molecular formula is C25H17N3OS. The number of aliphatic imine (C=N–C) groups is 1. The zero-order chi connectivity index (χ0) is 20.3. The molecular weight excluding hydrogens is 390 g/mol. The summed E-state index contributed by atoms with van der Waals surface area (Å²) in [5.41, 5.74) is 3.47. The predicted octanol–water partition coefficient (Wildman–Crippen LogP) is 6.04. The van der Waals surface area contributed by atoms with Crippen molar-refractivity contribution in [3.8, 4) is 0 Å². The van der Waals surface area contributed by atoms with Crippen molar-refractivity contribution in [3.63, 3.8) is 0 Å². The number of carbonyl (C=O) groups is 1. The van der Waals surface area contributed by atoms with E-state index in [4.69, 9.17) is 4.99 Å². The topological polar surface area (TPSA) is 45.6 Å². The van der Waals surface area contributed by atoms with Gasteiger partial charge in [-0.2, -0.15) is 0 Å². The first-order chi connectivity index (χ1) is 14.8. The lowest BCUT2D eigenvalue weighted by Gasteiger charge is -2.15. The second kappa shape index (κ2) is 7.97. The number of pyridine rings is 1. The van der Waals surface area contributed by atoms with Gasteiger partial charge in [-0.25, -0.2) is 4.99 Å². The molecule has 2 heterocycles. The van der Waals surface area contributed by atoms with Gasteiger partial charge in [-0.1, -0.05) is 54.6 Å². The Labute approximate surface area is 178 Å². The number of amidine groups is 1. The fourth-order valence-corrected chi connectivity index (χ4v) is 4.34. The highest BCUT2D eigenvalue weighted by Crippen LogP contribution is 2.37. The number of aromatic nitrogens is 1. The summed E-state index contributed by atoms with van der Waals surface area (Å²) in [4.78, 5) is 24.9. The number of rotatable bonds is 3. The van der Waals surface area contributed by atoms with Crippen LogP contribution < -0.4 is 4.90 Å². The van der Waals surface area contributed by atoms with E-state index in [9.17, 15) is 4.79 Å². The first-order valence-electron chi connectivity index (χ1n) is 9.56. The number of nitrogens with zero attached hydrogens (tertiary/aromatic N) is 3. The zero-order valence-corrected chi connectivity index (χ0v) is 16.8. The quantitative estimate of drug-likeness (QED) is 0.389. The van der Waals surface area contributed by atoms with E-state index in [-0.39, 0.29) is 5.91 Å². The van der Waals surface area contributed by atoms with Gasteiger partial charge in [0.1, 0.15) is 0 Å². The minimum absolute atomic E-state index is 0.0817. The Hall–Kier alpha value is -3.70. The zero-order valence-electron chi connectivity index (χ0n) is 16.0. The summed E-state index contributed by atoms with van der Waals surface area (Å²) in [6, 6.07) is 29.2. The van der Waals surface area contributed by atoms with Gasteiger partial charge >= 0.3 is 0 Å². The van der Waals surface area contributed by atoms with Crippen LogP contribution in [0.15, 0.2) is 107 Å². The molecule has 1 fully saturated rings. The highest BCUT2D eigenvalue weighted by atomic mass is 32.2. The Bertz CT molecular complexity index is 1280. The number of para-hydroxylation sites is 3. The average Bonchev–Trinajstić information content (AvgIpc) is 3.10. The molecule has 0 bridgehead atoms. The molecule has 1 aliphatic rings. The fourth-order valence-electron chi connectivity index (χ4n) is 3.35. The van der Waals surface area contributed by atoms with E-state index in [1.165, 1.54) is 11.8 Å². The molecule has 0 aliphatic carbocycles. The van der Waals surface area contributed by atoms with Gasteiger partial charge in [0.25, 0.3) is 5.91 Å². The summed E-state index contributed by atoms with van der Waals surface area (Å²) < 4.78 is 0. The number of carbonyl (C=O) groups excluding carboxylic acids is 1. The van der Waals surface area contributed by atoms with Crippen molar-refractivity contribution in [2.75, 3.05) is 4.90 Å². The second-order valence-electron chi connectivity index (χ2n) is 6.73. The van der Waals surface area contributed by atoms with Crippen LogP contribution in [0.4, 0.5) is 11.4 Å². The SMILES string of the molecule is O=C1/C(=C/c2ccnc3ccccc23)SC(=Nc2ccccc2)N1c1ccccc1. The predicted molar refractivity (Wildman–Crippen MR) is 125 cm³/mol. The normalized spacial score (nSPS) is 16.7. The summed E-state index contributed by atoms with van der Waals surface area (Å²) >= 11 is 1.39. The van der Waals surface area contributed by atoms with Gasteiger partial charge in [0.15, 0.2) is 5.17 Å². The third-order valence-electron chi connectivity index (χ3n) is 4.77.